The van der Waals surface area contributed by atoms with Gasteiger partial charge in [-0.1, -0.05) is 29.8 Å². The normalized spacial score (nSPS) is 18.3. The largest absolute Gasteiger partial charge is 0.497 e. The Morgan fingerprint density at radius 3 is 1.90 bits per heavy atom. The minimum atomic E-state index is -0.173. The van der Waals surface area contributed by atoms with Crippen molar-refractivity contribution < 1.29 is 14.3 Å². The number of aryl methyl sites for hydroxylation is 1. The van der Waals surface area contributed by atoms with Gasteiger partial charge < -0.3 is 14.4 Å². The van der Waals surface area contributed by atoms with Gasteiger partial charge >= 0.3 is 0 Å². The van der Waals surface area contributed by atoms with Crippen LogP contribution in [0, 0.1) is 6.92 Å². The molecule has 0 radical (unpaired) electrons. The second-order valence-corrected chi connectivity index (χ2v) is 8.19. The fourth-order valence-electron chi connectivity index (χ4n) is 3.50. The molecule has 29 heavy (non-hydrogen) atoms. The zero-order valence-electron chi connectivity index (χ0n) is 16.7. The fraction of sp³-hybridized carbons (Fsp3) is 0.208. The first-order valence-corrected chi connectivity index (χ1v) is 10.3. The maximum Gasteiger partial charge on any atom is 0.243 e. The molecule has 1 fully saturated rings. The van der Waals surface area contributed by atoms with Gasteiger partial charge in [0.05, 0.1) is 20.3 Å². The van der Waals surface area contributed by atoms with Gasteiger partial charge in [-0.15, -0.1) is 11.8 Å². The van der Waals surface area contributed by atoms with Gasteiger partial charge in [0.25, 0.3) is 0 Å². The van der Waals surface area contributed by atoms with Gasteiger partial charge in [-0.3, -0.25) is 4.79 Å². The summed E-state index contributed by atoms with van der Waals surface area (Å²) in [6.45, 7) is 2.06. The number of carbonyl (C=O) groups excluding carboxylic acids is 1. The van der Waals surface area contributed by atoms with Gasteiger partial charge in [0.15, 0.2) is 0 Å². The molecule has 4 nitrogen and oxygen atoms in total. The number of nitrogens with zero attached hydrogens (tertiary/aromatic N) is 1. The summed E-state index contributed by atoms with van der Waals surface area (Å²) >= 11 is 1.62. The second-order valence-electron chi connectivity index (χ2n) is 6.98. The van der Waals surface area contributed by atoms with Gasteiger partial charge in [-0.2, -0.15) is 0 Å². The Labute approximate surface area is 175 Å². The zero-order valence-corrected chi connectivity index (χ0v) is 17.5. The number of ether oxygens (including phenoxy) is 2. The molecular weight excluding hydrogens is 382 g/mol. The molecule has 0 unspecified atom stereocenters. The molecule has 1 heterocycles. The molecule has 3 aromatic rings. The number of methoxy groups -OCH3 is 2. The fourth-order valence-corrected chi connectivity index (χ4v) is 4.70. The molecule has 0 spiro atoms. The van der Waals surface area contributed by atoms with Crippen molar-refractivity contribution in [1.82, 2.24) is 0 Å². The van der Waals surface area contributed by atoms with E-state index in [9.17, 15) is 4.79 Å². The summed E-state index contributed by atoms with van der Waals surface area (Å²) in [6.07, 6.45) is 0. The van der Waals surface area contributed by atoms with Crippen molar-refractivity contribution in [2.45, 2.75) is 23.1 Å². The first-order chi connectivity index (χ1) is 14.1. The van der Waals surface area contributed by atoms with Crippen molar-refractivity contribution >= 4 is 23.4 Å². The lowest BCUT2D eigenvalue weighted by molar-refractivity contribution is -0.123. The van der Waals surface area contributed by atoms with Crippen molar-refractivity contribution in [1.29, 1.82) is 0 Å². The molecule has 3 aromatic carbocycles. The Bertz CT molecular complexity index is 984. The van der Waals surface area contributed by atoms with Gasteiger partial charge in [0, 0.05) is 10.6 Å². The van der Waals surface area contributed by atoms with Gasteiger partial charge in [-0.25, -0.2) is 0 Å². The van der Waals surface area contributed by atoms with E-state index >= 15 is 0 Å². The van der Waals surface area contributed by atoms with E-state index in [4.69, 9.17) is 9.47 Å². The predicted molar refractivity (Wildman–Crippen MR) is 117 cm³/mol. The molecule has 1 saturated heterocycles. The SMILES string of the molecule is COc1ccc([C@H]2[C@H](Sc3ccc(C)cc3)C(=O)N2c2ccc(OC)cc2)cc1. The van der Waals surface area contributed by atoms with Crippen LogP contribution >= 0.6 is 11.8 Å². The second kappa shape index (κ2) is 8.21. The maximum absolute atomic E-state index is 13.1. The molecule has 2 atom stereocenters. The van der Waals surface area contributed by atoms with E-state index in [-0.39, 0.29) is 17.2 Å². The summed E-state index contributed by atoms with van der Waals surface area (Å²) in [7, 11) is 3.29. The molecular formula is C24H23NO3S. The van der Waals surface area contributed by atoms with Gasteiger partial charge in [-0.05, 0) is 61.0 Å². The molecule has 0 aliphatic carbocycles. The molecule has 1 aliphatic rings. The van der Waals surface area contributed by atoms with Crippen LogP contribution < -0.4 is 14.4 Å². The van der Waals surface area contributed by atoms with Gasteiger partial charge in [0.1, 0.15) is 16.7 Å². The van der Waals surface area contributed by atoms with Crippen molar-refractivity contribution in [3.8, 4) is 11.5 Å². The minimum absolute atomic E-state index is 0.0481. The van der Waals surface area contributed by atoms with E-state index in [1.54, 1.807) is 26.0 Å². The maximum atomic E-state index is 13.1. The van der Waals surface area contributed by atoms with Crippen LogP contribution in [0.2, 0.25) is 0 Å². The first kappa shape index (κ1) is 19.4. The van der Waals surface area contributed by atoms with Gasteiger partial charge in [0.2, 0.25) is 5.91 Å². The van der Waals surface area contributed by atoms with Crippen molar-refractivity contribution in [2.75, 3.05) is 19.1 Å². The Hall–Kier alpha value is -2.92. The number of β-lactam (4-membered cyclic amide) rings is 1. The van der Waals surface area contributed by atoms with Crippen LogP contribution in [0.3, 0.4) is 0 Å². The molecule has 148 valence electrons. The highest BCUT2D eigenvalue weighted by atomic mass is 32.2. The summed E-state index contributed by atoms with van der Waals surface area (Å²) in [6, 6.07) is 23.9. The third kappa shape index (κ3) is 3.83. The monoisotopic (exact) mass is 405 g/mol. The van der Waals surface area contributed by atoms with Crippen molar-refractivity contribution in [2.24, 2.45) is 0 Å². The number of anilines is 1. The topological polar surface area (TPSA) is 38.8 Å². The lowest BCUT2D eigenvalue weighted by atomic mass is 9.92. The Balaban J connectivity index is 1.66. The van der Waals surface area contributed by atoms with E-state index in [0.717, 1.165) is 27.6 Å². The van der Waals surface area contributed by atoms with Crippen LogP contribution in [-0.2, 0) is 4.79 Å². The van der Waals surface area contributed by atoms with Crippen molar-refractivity contribution in [3.63, 3.8) is 0 Å². The molecule has 0 saturated carbocycles. The van der Waals surface area contributed by atoms with E-state index in [2.05, 4.69) is 31.2 Å². The smallest absolute Gasteiger partial charge is 0.243 e. The average Bonchev–Trinajstić information content (AvgIpc) is 2.77. The summed E-state index contributed by atoms with van der Waals surface area (Å²) in [5, 5.41) is -0.173. The van der Waals surface area contributed by atoms with Crippen molar-refractivity contribution in [3.05, 3.63) is 83.9 Å². The van der Waals surface area contributed by atoms with Crippen LogP contribution in [0.25, 0.3) is 0 Å². The zero-order chi connectivity index (χ0) is 20.4. The highest BCUT2D eigenvalue weighted by Crippen LogP contribution is 2.47. The number of amides is 1. The summed E-state index contributed by atoms with van der Waals surface area (Å²) in [5.41, 5.74) is 3.17. The molecule has 0 N–H and O–H groups in total. The van der Waals surface area contributed by atoms with E-state index in [1.807, 2.05) is 53.4 Å². The third-order valence-electron chi connectivity index (χ3n) is 5.14. The highest BCUT2D eigenvalue weighted by Gasteiger charge is 2.49. The van der Waals surface area contributed by atoms with Crippen LogP contribution in [-0.4, -0.2) is 25.4 Å². The number of hydrogen-bond acceptors (Lipinski definition) is 4. The molecule has 5 heteroatoms. The molecule has 1 aliphatic heterocycles. The van der Waals surface area contributed by atoms with E-state index < -0.39 is 0 Å². The lowest BCUT2D eigenvalue weighted by Gasteiger charge is -2.47. The van der Waals surface area contributed by atoms with Crippen LogP contribution in [0.4, 0.5) is 5.69 Å². The van der Waals surface area contributed by atoms with Crippen LogP contribution in [0.15, 0.2) is 77.7 Å². The Kier molecular flexibility index (Phi) is 5.49. The Morgan fingerprint density at radius 1 is 0.793 bits per heavy atom. The highest BCUT2D eigenvalue weighted by molar-refractivity contribution is 8.00. The van der Waals surface area contributed by atoms with E-state index in [0.29, 0.717) is 0 Å². The Morgan fingerprint density at radius 2 is 1.34 bits per heavy atom. The average molecular weight is 406 g/mol. The number of carbonyl (C=O) groups is 1. The van der Waals surface area contributed by atoms with Crippen LogP contribution in [0.5, 0.6) is 11.5 Å². The van der Waals surface area contributed by atoms with Crippen LogP contribution in [0.1, 0.15) is 17.2 Å². The molecule has 1 amide bonds. The third-order valence-corrected chi connectivity index (χ3v) is 6.40. The summed E-state index contributed by atoms with van der Waals surface area (Å²) in [5.74, 6) is 1.69. The molecule has 0 aromatic heterocycles. The van der Waals surface area contributed by atoms with E-state index in [1.165, 1.54) is 5.56 Å². The molecule has 0 bridgehead atoms. The summed E-state index contributed by atoms with van der Waals surface area (Å²) < 4.78 is 10.5. The minimum Gasteiger partial charge on any atom is -0.497 e. The predicted octanol–water partition coefficient (Wildman–Crippen LogP) is 5.26. The first-order valence-electron chi connectivity index (χ1n) is 9.45. The quantitative estimate of drug-likeness (QED) is 0.524. The number of benzene rings is 3. The number of thioether (sulfide) groups is 1. The standard InChI is InChI=1S/C24H23NO3S/c1-16-4-14-21(15-5-16)29-23-22(17-6-10-19(27-2)11-7-17)25(24(23)26)18-8-12-20(28-3)13-9-18/h4-15,22-23H,1-3H3/t22-,23-/m0/s1. The summed E-state index contributed by atoms with van der Waals surface area (Å²) in [4.78, 5) is 16.1. The lowest BCUT2D eigenvalue weighted by Crippen LogP contribution is -2.57. The molecule has 4 rings (SSSR count). The number of hydrogen-bond donors (Lipinski definition) is 0. The number of rotatable bonds is 6.